The maximum atomic E-state index is 10.4. The Balaban J connectivity index is 0.000000791. The van der Waals surface area contributed by atoms with Crippen LogP contribution in [0.4, 0.5) is 5.69 Å². The third-order valence-corrected chi connectivity index (χ3v) is 1.27. The second kappa shape index (κ2) is 6.57. The molecule has 0 aromatic heterocycles. The Bertz CT molecular complexity index is 337. The zero-order valence-corrected chi connectivity index (χ0v) is 8.02. The van der Waals surface area contributed by atoms with E-state index >= 15 is 0 Å². The molecule has 0 radical (unpaired) electrons. The first-order valence-electron chi connectivity index (χ1n) is 4.15. The van der Waals surface area contributed by atoms with E-state index < -0.39 is 5.97 Å². The molecule has 0 atom stereocenters. The third kappa shape index (κ3) is 3.65. The lowest BCUT2D eigenvalue weighted by molar-refractivity contribution is 0.0697. The van der Waals surface area contributed by atoms with Gasteiger partial charge >= 0.3 is 5.97 Å². The van der Waals surface area contributed by atoms with Crippen LogP contribution in [-0.2, 0) is 4.79 Å². The predicted octanol–water partition coefficient (Wildman–Crippen LogP) is 2.38. The zero-order chi connectivity index (χ0) is 11.0. The van der Waals surface area contributed by atoms with Crippen LogP contribution in [0.3, 0.4) is 0 Å². The number of hydrogen-bond donors (Lipinski definition) is 1. The van der Waals surface area contributed by atoms with Crippen LogP contribution >= 0.6 is 0 Å². The largest absolute Gasteiger partial charge is 0.478 e. The number of nitrogens with zero attached hydrogens (tertiary/aromatic N) is 1. The molecule has 0 aliphatic rings. The van der Waals surface area contributed by atoms with E-state index in [2.05, 4.69) is 4.99 Å². The molecule has 0 fully saturated rings. The zero-order valence-electron chi connectivity index (χ0n) is 8.02. The van der Waals surface area contributed by atoms with Crippen molar-refractivity contribution in [3.05, 3.63) is 29.8 Å². The van der Waals surface area contributed by atoms with Crippen molar-refractivity contribution in [2.45, 2.75) is 13.8 Å². The van der Waals surface area contributed by atoms with Crippen molar-refractivity contribution in [3.63, 3.8) is 0 Å². The number of aromatic carboxylic acids is 1. The minimum Gasteiger partial charge on any atom is -0.478 e. The third-order valence-electron chi connectivity index (χ3n) is 1.27. The van der Waals surface area contributed by atoms with Gasteiger partial charge in [0.15, 0.2) is 0 Å². The Morgan fingerprint density at radius 2 is 2.07 bits per heavy atom. The summed E-state index contributed by atoms with van der Waals surface area (Å²) in [6.07, 6.45) is 1.33. The van der Waals surface area contributed by atoms with Crippen molar-refractivity contribution >= 4 is 17.7 Å². The molecule has 74 valence electrons. The maximum absolute atomic E-state index is 10.4. The molecule has 4 nitrogen and oxygen atoms in total. The molecule has 0 unspecified atom stereocenters. The van der Waals surface area contributed by atoms with Gasteiger partial charge in [-0.15, -0.1) is 0 Å². The van der Waals surface area contributed by atoms with Crippen molar-refractivity contribution in [3.8, 4) is 0 Å². The van der Waals surface area contributed by atoms with E-state index in [9.17, 15) is 9.59 Å². The molecule has 0 saturated heterocycles. The highest BCUT2D eigenvalue weighted by molar-refractivity contribution is 5.88. The van der Waals surface area contributed by atoms with Gasteiger partial charge in [-0.25, -0.2) is 9.59 Å². The topological polar surface area (TPSA) is 66.7 Å². The van der Waals surface area contributed by atoms with Crippen LogP contribution in [0.25, 0.3) is 0 Å². The smallest absolute Gasteiger partial charge is 0.335 e. The van der Waals surface area contributed by atoms with Crippen LogP contribution in [0.2, 0.25) is 0 Å². The van der Waals surface area contributed by atoms with E-state index in [1.165, 1.54) is 30.3 Å². The fraction of sp³-hybridized carbons (Fsp3) is 0.200. The first-order valence-corrected chi connectivity index (χ1v) is 4.15. The van der Waals surface area contributed by atoms with Gasteiger partial charge in [0.2, 0.25) is 6.08 Å². The molecule has 4 heteroatoms. The predicted molar refractivity (Wildman–Crippen MR) is 52.5 cm³/mol. The van der Waals surface area contributed by atoms with Crippen LogP contribution in [0.1, 0.15) is 24.2 Å². The van der Waals surface area contributed by atoms with E-state index in [4.69, 9.17) is 5.11 Å². The fourth-order valence-corrected chi connectivity index (χ4v) is 0.761. The van der Waals surface area contributed by atoms with E-state index in [1.54, 1.807) is 0 Å². The van der Waals surface area contributed by atoms with Gasteiger partial charge in [0.1, 0.15) is 0 Å². The molecule has 1 N–H and O–H groups in total. The average Bonchev–Trinajstić information content (AvgIpc) is 2.22. The van der Waals surface area contributed by atoms with Gasteiger partial charge in [-0.3, -0.25) is 0 Å². The summed E-state index contributed by atoms with van der Waals surface area (Å²) in [7, 11) is 0. The number of aliphatic imine (C=N–C) groups is 1. The van der Waals surface area contributed by atoms with Gasteiger partial charge in [0.25, 0.3) is 0 Å². The molecule has 0 aliphatic carbocycles. The lowest BCUT2D eigenvalue weighted by Crippen LogP contribution is -1.94. The summed E-state index contributed by atoms with van der Waals surface area (Å²) in [6.45, 7) is 4.00. The van der Waals surface area contributed by atoms with E-state index in [0.29, 0.717) is 5.69 Å². The summed E-state index contributed by atoms with van der Waals surface area (Å²) in [4.78, 5) is 23.5. The Morgan fingerprint density at radius 3 is 2.57 bits per heavy atom. The molecule has 1 aromatic rings. The normalized spacial score (nSPS) is 7.86. The summed E-state index contributed by atoms with van der Waals surface area (Å²) >= 11 is 0. The molecule has 0 aliphatic heterocycles. The van der Waals surface area contributed by atoms with Crippen LogP contribution < -0.4 is 0 Å². The van der Waals surface area contributed by atoms with Crippen LogP contribution in [0.5, 0.6) is 0 Å². The molecular formula is C10H11NO3. The summed E-state index contributed by atoms with van der Waals surface area (Å²) in [5.41, 5.74) is 0.399. The lowest BCUT2D eigenvalue weighted by Gasteiger charge is -1.93. The Labute approximate surface area is 81.9 Å². The van der Waals surface area contributed by atoms with Crippen LogP contribution in [-0.4, -0.2) is 17.2 Å². The summed E-state index contributed by atoms with van der Waals surface area (Å²) in [5.74, 6) is -1.04. The number of benzene rings is 1. The Hall–Kier alpha value is -1.93. The average molecular weight is 193 g/mol. The number of isocyanates is 1. The Morgan fingerprint density at radius 1 is 1.43 bits per heavy atom. The number of carbonyl (C=O) groups is 1. The fourth-order valence-electron chi connectivity index (χ4n) is 0.761. The molecule has 0 spiro atoms. The highest BCUT2D eigenvalue weighted by Gasteiger charge is 2.01. The number of rotatable bonds is 2. The summed E-state index contributed by atoms with van der Waals surface area (Å²) < 4.78 is 0. The van der Waals surface area contributed by atoms with Gasteiger partial charge in [-0.2, -0.15) is 4.99 Å². The highest BCUT2D eigenvalue weighted by atomic mass is 16.4. The SMILES string of the molecule is CC.O=C=Nc1cccc(C(=O)O)c1. The highest BCUT2D eigenvalue weighted by Crippen LogP contribution is 2.12. The Kier molecular flexibility index (Phi) is 5.67. The first kappa shape index (κ1) is 12.1. The minimum atomic E-state index is -1.04. The summed E-state index contributed by atoms with van der Waals surface area (Å²) in [5, 5.41) is 8.54. The van der Waals surface area contributed by atoms with Crippen LogP contribution in [0.15, 0.2) is 29.3 Å². The van der Waals surface area contributed by atoms with Crippen molar-refractivity contribution in [2.24, 2.45) is 4.99 Å². The maximum Gasteiger partial charge on any atom is 0.335 e. The van der Waals surface area contributed by atoms with E-state index in [1.807, 2.05) is 13.8 Å². The van der Waals surface area contributed by atoms with Crippen LogP contribution in [0, 0.1) is 0 Å². The van der Waals surface area contributed by atoms with Crippen molar-refractivity contribution in [1.82, 2.24) is 0 Å². The monoisotopic (exact) mass is 193 g/mol. The van der Waals surface area contributed by atoms with E-state index in [-0.39, 0.29) is 5.56 Å². The number of hydrogen-bond acceptors (Lipinski definition) is 3. The molecule has 1 aromatic carbocycles. The molecule has 0 amide bonds. The number of carboxylic acid groups (broad SMARTS) is 1. The first-order chi connectivity index (χ1) is 6.74. The van der Waals surface area contributed by atoms with Crippen molar-refractivity contribution in [2.75, 3.05) is 0 Å². The standard InChI is InChI=1S/C8H5NO3.C2H6/c10-5-9-7-3-1-2-6(4-7)8(11)12;1-2/h1-4H,(H,11,12);1-2H3. The van der Waals surface area contributed by atoms with Crippen molar-refractivity contribution in [1.29, 1.82) is 0 Å². The molecular weight excluding hydrogens is 182 g/mol. The second-order valence-electron chi connectivity index (χ2n) is 2.06. The molecule has 14 heavy (non-hydrogen) atoms. The number of carbonyl (C=O) groups excluding carboxylic acids is 1. The summed E-state index contributed by atoms with van der Waals surface area (Å²) in [6, 6.07) is 5.76. The van der Waals surface area contributed by atoms with Gasteiger partial charge in [-0.05, 0) is 18.2 Å². The van der Waals surface area contributed by atoms with Crippen molar-refractivity contribution < 1.29 is 14.7 Å². The molecule has 0 saturated carbocycles. The van der Waals surface area contributed by atoms with E-state index in [0.717, 1.165) is 0 Å². The second-order valence-corrected chi connectivity index (χ2v) is 2.06. The molecule has 1 rings (SSSR count). The van der Waals surface area contributed by atoms with Gasteiger partial charge in [-0.1, -0.05) is 19.9 Å². The van der Waals surface area contributed by atoms with Gasteiger partial charge in [0, 0.05) is 0 Å². The van der Waals surface area contributed by atoms with Gasteiger partial charge < -0.3 is 5.11 Å². The minimum absolute atomic E-state index is 0.103. The molecule has 0 bridgehead atoms. The quantitative estimate of drug-likeness (QED) is 0.579. The van der Waals surface area contributed by atoms with Gasteiger partial charge in [0.05, 0.1) is 11.3 Å². The lowest BCUT2D eigenvalue weighted by atomic mass is 10.2. The molecule has 0 heterocycles. The number of carboxylic acids is 1.